The number of hydrogen-bond donors (Lipinski definition) is 1. The van der Waals surface area contributed by atoms with Crippen molar-refractivity contribution in [3.05, 3.63) is 0 Å². The standard InChI is InChI=1S/C5H10INO2/c1-3(7)5(8)9-4(2)6/h3-4H,7H2,1-2H3/t3-,4?/m1/s1. The molecule has 3 nitrogen and oxygen atoms in total. The SMILES string of the molecule is CC(I)OC(=O)[C@@H](C)N. The van der Waals surface area contributed by atoms with E-state index in [2.05, 4.69) is 0 Å². The molecule has 0 aromatic carbocycles. The van der Waals surface area contributed by atoms with Gasteiger partial charge in [0, 0.05) is 0 Å². The van der Waals surface area contributed by atoms with Crippen LogP contribution in [0.15, 0.2) is 0 Å². The van der Waals surface area contributed by atoms with Crippen LogP contribution in [0.3, 0.4) is 0 Å². The van der Waals surface area contributed by atoms with Crippen LogP contribution < -0.4 is 5.73 Å². The third kappa shape index (κ3) is 4.65. The van der Waals surface area contributed by atoms with Crippen LogP contribution in [0.2, 0.25) is 0 Å². The molecule has 0 radical (unpaired) electrons. The summed E-state index contributed by atoms with van der Waals surface area (Å²) >= 11 is 1.99. The number of alkyl halides is 1. The van der Waals surface area contributed by atoms with E-state index in [4.69, 9.17) is 10.5 Å². The van der Waals surface area contributed by atoms with Crippen LogP contribution in [0.1, 0.15) is 13.8 Å². The maximum atomic E-state index is 10.6. The molecule has 0 fully saturated rings. The van der Waals surface area contributed by atoms with Gasteiger partial charge < -0.3 is 10.5 Å². The molecule has 1 unspecified atom stereocenters. The Hall–Kier alpha value is 0.160. The van der Waals surface area contributed by atoms with Crippen LogP contribution in [0, 0.1) is 0 Å². The summed E-state index contributed by atoms with van der Waals surface area (Å²) in [7, 11) is 0. The first-order valence-electron chi connectivity index (χ1n) is 2.64. The molecule has 0 aliphatic carbocycles. The second-order valence-electron chi connectivity index (χ2n) is 1.77. The second-order valence-corrected chi connectivity index (χ2v) is 3.52. The topological polar surface area (TPSA) is 52.3 Å². The number of halogens is 1. The van der Waals surface area contributed by atoms with E-state index in [9.17, 15) is 4.79 Å². The Balaban J connectivity index is 3.51. The smallest absolute Gasteiger partial charge is 0.323 e. The molecule has 0 saturated heterocycles. The zero-order chi connectivity index (χ0) is 7.44. The van der Waals surface area contributed by atoms with Crippen LogP contribution in [0.5, 0.6) is 0 Å². The summed E-state index contributed by atoms with van der Waals surface area (Å²) in [6.07, 6.45) is 0. The van der Waals surface area contributed by atoms with Crippen LogP contribution in [-0.2, 0) is 9.53 Å². The number of carbonyl (C=O) groups excluding carboxylic acids is 1. The molecule has 0 aromatic rings. The van der Waals surface area contributed by atoms with Crippen molar-refractivity contribution in [1.29, 1.82) is 0 Å². The Morgan fingerprint density at radius 1 is 1.67 bits per heavy atom. The first-order chi connectivity index (χ1) is 4.04. The van der Waals surface area contributed by atoms with Crippen molar-refractivity contribution in [1.82, 2.24) is 0 Å². The summed E-state index contributed by atoms with van der Waals surface area (Å²) in [6, 6.07) is -0.512. The third-order valence-electron chi connectivity index (χ3n) is 0.650. The number of esters is 1. The van der Waals surface area contributed by atoms with E-state index in [1.165, 1.54) is 0 Å². The minimum absolute atomic E-state index is 0.0962. The molecular weight excluding hydrogens is 233 g/mol. The predicted molar refractivity (Wildman–Crippen MR) is 43.2 cm³/mol. The predicted octanol–water partition coefficient (Wildman–Crippen LogP) is 0.658. The van der Waals surface area contributed by atoms with Gasteiger partial charge in [-0.25, -0.2) is 0 Å². The van der Waals surface area contributed by atoms with Crippen molar-refractivity contribution in [2.75, 3.05) is 0 Å². The molecule has 0 heterocycles. The van der Waals surface area contributed by atoms with Gasteiger partial charge >= 0.3 is 5.97 Å². The molecule has 0 aliphatic heterocycles. The van der Waals surface area contributed by atoms with Crippen LogP contribution in [0.4, 0.5) is 0 Å². The van der Waals surface area contributed by atoms with Gasteiger partial charge in [-0.3, -0.25) is 4.79 Å². The van der Waals surface area contributed by atoms with Gasteiger partial charge in [0.15, 0.2) is 0 Å². The summed E-state index contributed by atoms with van der Waals surface area (Å²) in [5.41, 5.74) is 5.21. The molecular formula is C5H10INO2. The fourth-order valence-corrected chi connectivity index (χ4v) is 0.518. The minimum atomic E-state index is -0.512. The van der Waals surface area contributed by atoms with E-state index in [1.807, 2.05) is 22.6 Å². The van der Waals surface area contributed by atoms with Gasteiger partial charge in [0.2, 0.25) is 0 Å². The summed E-state index contributed by atoms with van der Waals surface area (Å²) in [5, 5.41) is 0. The molecule has 0 amide bonds. The van der Waals surface area contributed by atoms with Crippen LogP contribution >= 0.6 is 22.6 Å². The summed E-state index contributed by atoms with van der Waals surface area (Å²) < 4.78 is 4.64. The summed E-state index contributed by atoms with van der Waals surface area (Å²) in [5.74, 6) is -0.350. The zero-order valence-corrected chi connectivity index (χ0v) is 7.58. The van der Waals surface area contributed by atoms with E-state index in [1.54, 1.807) is 13.8 Å². The Morgan fingerprint density at radius 2 is 2.11 bits per heavy atom. The lowest BCUT2D eigenvalue weighted by Gasteiger charge is -2.07. The summed E-state index contributed by atoms with van der Waals surface area (Å²) in [4.78, 5) is 10.6. The first-order valence-corrected chi connectivity index (χ1v) is 3.88. The van der Waals surface area contributed by atoms with E-state index in [0.29, 0.717) is 0 Å². The van der Waals surface area contributed by atoms with Gasteiger partial charge in [0.1, 0.15) is 10.2 Å². The van der Waals surface area contributed by atoms with Gasteiger partial charge in [-0.2, -0.15) is 0 Å². The Morgan fingerprint density at radius 3 is 2.22 bits per heavy atom. The highest BCUT2D eigenvalue weighted by atomic mass is 127. The van der Waals surface area contributed by atoms with Crippen LogP contribution in [0.25, 0.3) is 0 Å². The Kier molecular flexibility index (Phi) is 4.12. The van der Waals surface area contributed by atoms with E-state index >= 15 is 0 Å². The number of carbonyl (C=O) groups is 1. The first kappa shape index (κ1) is 9.16. The normalized spacial score (nSPS) is 16.4. The molecule has 2 atom stereocenters. The Labute approximate surface area is 68.1 Å². The van der Waals surface area contributed by atoms with Crippen molar-refractivity contribution in [2.24, 2.45) is 5.73 Å². The molecule has 54 valence electrons. The number of ether oxygens (including phenoxy) is 1. The quantitative estimate of drug-likeness (QED) is 0.440. The van der Waals surface area contributed by atoms with E-state index in [0.717, 1.165) is 0 Å². The molecule has 0 aliphatic rings. The highest BCUT2D eigenvalue weighted by Gasteiger charge is 2.10. The van der Waals surface area contributed by atoms with Gasteiger partial charge in [-0.1, -0.05) is 0 Å². The maximum Gasteiger partial charge on any atom is 0.323 e. The van der Waals surface area contributed by atoms with Gasteiger partial charge in [-0.05, 0) is 36.4 Å². The third-order valence-corrected chi connectivity index (χ3v) is 0.905. The lowest BCUT2D eigenvalue weighted by molar-refractivity contribution is -0.144. The molecule has 0 aromatic heterocycles. The fraction of sp³-hybridized carbons (Fsp3) is 0.800. The largest absolute Gasteiger partial charge is 0.451 e. The van der Waals surface area contributed by atoms with Gasteiger partial charge in [-0.15, -0.1) is 0 Å². The maximum absolute atomic E-state index is 10.6. The van der Waals surface area contributed by atoms with Crippen molar-refractivity contribution in [3.63, 3.8) is 0 Å². The lowest BCUT2D eigenvalue weighted by Crippen LogP contribution is -2.29. The molecule has 9 heavy (non-hydrogen) atoms. The van der Waals surface area contributed by atoms with Crippen LogP contribution in [-0.4, -0.2) is 16.1 Å². The van der Waals surface area contributed by atoms with Crippen molar-refractivity contribution < 1.29 is 9.53 Å². The summed E-state index contributed by atoms with van der Waals surface area (Å²) in [6.45, 7) is 3.38. The number of hydrogen-bond acceptors (Lipinski definition) is 3. The monoisotopic (exact) mass is 243 g/mol. The van der Waals surface area contributed by atoms with Crippen molar-refractivity contribution >= 4 is 28.6 Å². The molecule has 0 saturated carbocycles. The number of rotatable bonds is 2. The molecule has 0 bridgehead atoms. The Bertz CT molecular complexity index is 103. The molecule has 0 rings (SSSR count). The molecule has 2 N–H and O–H groups in total. The average molecular weight is 243 g/mol. The number of nitrogens with two attached hydrogens (primary N) is 1. The fourth-order valence-electron chi connectivity index (χ4n) is 0.267. The average Bonchev–Trinajstić information content (AvgIpc) is 1.63. The van der Waals surface area contributed by atoms with Crippen molar-refractivity contribution in [3.8, 4) is 0 Å². The van der Waals surface area contributed by atoms with E-state index < -0.39 is 6.04 Å². The zero-order valence-electron chi connectivity index (χ0n) is 5.43. The van der Waals surface area contributed by atoms with Gasteiger partial charge in [0.05, 0.1) is 0 Å². The molecule has 4 heteroatoms. The highest BCUT2D eigenvalue weighted by molar-refractivity contribution is 14.1. The lowest BCUT2D eigenvalue weighted by atomic mass is 10.4. The second kappa shape index (κ2) is 4.05. The van der Waals surface area contributed by atoms with Gasteiger partial charge in [0.25, 0.3) is 0 Å². The van der Waals surface area contributed by atoms with Crippen molar-refractivity contribution in [2.45, 2.75) is 24.0 Å². The minimum Gasteiger partial charge on any atom is -0.451 e. The highest BCUT2D eigenvalue weighted by Crippen LogP contribution is 2.00. The van der Waals surface area contributed by atoms with E-state index in [-0.39, 0.29) is 10.1 Å². The molecule has 0 spiro atoms.